The van der Waals surface area contributed by atoms with Gasteiger partial charge in [-0.15, -0.1) is 0 Å². The number of nitrogens with zero attached hydrogens (tertiary/aromatic N) is 4. The summed E-state index contributed by atoms with van der Waals surface area (Å²) < 4.78 is 4.28. The summed E-state index contributed by atoms with van der Waals surface area (Å²) in [7, 11) is 1.98. The maximum absolute atomic E-state index is 5.02. The molecule has 4 rings (SSSR count). The van der Waals surface area contributed by atoms with Crippen molar-refractivity contribution in [3.8, 4) is 5.69 Å². The quantitative estimate of drug-likeness (QED) is 0.921. The molecule has 1 fully saturated rings. The molecule has 5 heteroatoms. The number of aromatic nitrogens is 4. The zero-order valence-corrected chi connectivity index (χ0v) is 12.7. The van der Waals surface area contributed by atoms with Crippen LogP contribution in [-0.4, -0.2) is 25.9 Å². The van der Waals surface area contributed by atoms with E-state index in [1.165, 1.54) is 55.0 Å². The van der Waals surface area contributed by atoms with E-state index < -0.39 is 0 Å². The molecular formula is C16H23N5. The monoisotopic (exact) mass is 285 g/mol. The number of hydrogen-bond acceptors (Lipinski definition) is 3. The highest BCUT2D eigenvalue weighted by Gasteiger charge is 2.27. The van der Waals surface area contributed by atoms with Gasteiger partial charge in [-0.25, -0.2) is 4.98 Å². The summed E-state index contributed by atoms with van der Waals surface area (Å²) in [6.45, 7) is 1.95. The smallest absolute Gasteiger partial charge is 0.117 e. The predicted octanol–water partition coefficient (Wildman–Crippen LogP) is 2.30. The van der Waals surface area contributed by atoms with E-state index in [2.05, 4.69) is 21.2 Å². The Balaban J connectivity index is 1.82. The average Bonchev–Trinajstić information content (AvgIpc) is 3.11. The van der Waals surface area contributed by atoms with E-state index in [0.717, 1.165) is 19.5 Å². The van der Waals surface area contributed by atoms with Crippen molar-refractivity contribution >= 4 is 0 Å². The van der Waals surface area contributed by atoms with E-state index in [4.69, 9.17) is 4.98 Å². The van der Waals surface area contributed by atoms with Crippen LogP contribution in [-0.2, 0) is 20.0 Å². The van der Waals surface area contributed by atoms with Crippen molar-refractivity contribution in [2.45, 2.75) is 51.0 Å². The second-order valence-electron chi connectivity index (χ2n) is 6.33. The standard InChI is InChI=1S/C16H23N5/c1-20-11-13(9-18-20)21-15-7-8-17-10-14(15)19-16(21)12-5-3-2-4-6-12/h9,11-12,17H,2-8,10H2,1H3. The van der Waals surface area contributed by atoms with Crippen molar-refractivity contribution in [2.75, 3.05) is 6.54 Å². The predicted molar refractivity (Wildman–Crippen MR) is 81.6 cm³/mol. The van der Waals surface area contributed by atoms with Gasteiger partial charge in [0.25, 0.3) is 0 Å². The molecule has 3 heterocycles. The molecule has 0 saturated heterocycles. The molecule has 1 aliphatic carbocycles. The minimum Gasteiger partial charge on any atom is -0.311 e. The van der Waals surface area contributed by atoms with Gasteiger partial charge in [-0.05, 0) is 12.8 Å². The van der Waals surface area contributed by atoms with E-state index in [1.54, 1.807) is 0 Å². The summed E-state index contributed by atoms with van der Waals surface area (Å²) in [5, 5.41) is 7.80. The molecule has 0 amide bonds. The molecule has 0 atom stereocenters. The highest BCUT2D eigenvalue weighted by molar-refractivity contribution is 5.36. The molecule has 1 saturated carbocycles. The lowest BCUT2D eigenvalue weighted by molar-refractivity contribution is 0.425. The van der Waals surface area contributed by atoms with Crippen LogP contribution in [0.5, 0.6) is 0 Å². The van der Waals surface area contributed by atoms with Gasteiger partial charge in [-0.3, -0.25) is 9.25 Å². The first-order valence-corrected chi connectivity index (χ1v) is 8.13. The van der Waals surface area contributed by atoms with Crippen LogP contribution in [0, 0.1) is 0 Å². The Kier molecular flexibility index (Phi) is 3.30. The number of fused-ring (bicyclic) bond motifs is 1. The van der Waals surface area contributed by atoms with Crippen molar-refractivity contribution in [2.24, 2.45) is 7.05 Å². The van der Waals surface area contributed by atoms with Gasteiger partial charge < -0.3 is 5.32 Å². The fourth-order valence-electron chi connectivity index (χ4n) is 3.78. The first-order valence-electron chi connectivity index (χ1n) is 8.13. The molecule has 0 aromatic carbocycles. The Morgan fingerprint density at radius 2 is 2.10 bits per heavy atom. The molecule has 0 unspecified atom stereocenters. The summed E-state index contributed by atoms with van der Waals surface area (Å²) in [5.41, 5.74) is 3.81. The fraction of sp³-hybridized carbons (Fsp3) is 0.625. The third kappa shape index (κ3) is 2.29. The second kappa shape index (κ2) is 5.30. The van der Waals surface area contributed by atoms with Crippen LogP contribution in [0.1, 0.15) is 55.2 Å². The fourth-order valence-corrected chi connectivity index (χ4v) is 3.78. The van der Waals surface area contributed by atoms with Gasteiger partial charge in [0.2, 0.25) is 0 Å². The number of nitrogens with one attached hydrogen (secondary N) is 1. The molecule has 2 aliphatic rings. The number of imidazole rings is 1. The van der Waals surface area contributed by atoms with Crippen molar-refractivity contribution < 1.29 is 0 Å². The van der Waals surface area contributed by atoms with Crippen LogP contribution < -0.4 is 5.32 Å². The molecule has 0 bridgehead atoms. The normalized spacial score (nSPS) is 19.7. The van der Waals surface area contributed by atoms with Crippen LogP contribution in [0.3, 0.4) is 0 Å². The van der Waals surface area contributed by atoms with E-state index in [-0.39, 0.29) is 0 Å². The summed E-state index contributed by atoms with van der Waals surface area (Å²) >= 11 is 0. The zero-order valence-electron chi connectivity index (χ0n) is 12.7. The molecular weight excluding hydrogens is 262 g/mol. The van der Waals surface area contributed by atoms with Crippen LogP contribution in [0.25, 0.3) is 5.69 Å². The lowest BCUT2D eigenvalue weighted by Gasteiger charge is -2.22. The molecule has 2 aromatic rings. The van der Waals surface area contributed by atoms with Crippen molar-refractivity contribution in [3.63, 3.8) is 0 Å². The molecule has 1 N–H and O–H groups in total. The summed E-state index contributed by atoms with van der Waals surface area (Å²) in [6.07, 6.45) is 11.8. The van der Waals surface area contributed by atoms with Gasteiger partial charge in [0.05, 0.1) is 17.6 Å². The Labute approximate surface area is 125 Å². The minimum atomic E-state index is 0.615. The number of rotatable bonds is 2. The van der Waals surface area contributed by atoms with Gasteiger partial charge in [0, 0.05) is 44.4 Å². The average molecular weight is 285 g/mol. The Hall–Kier alpha value is -1.62. The van der Waals surface area contributed by atoms with E-state index in [0.29, 0.717) is 5.92 Å². The van der Waals surface area contributed by atoms with Crippen LogP contribution in [0.15, 0.2) is 12.4 Å². The molecule has 2 aromatic heterocycles. The van der Waals surface area contributed by atoms with Gasteiger partial charge >= 0.3 is 0 Å². The van der Waals surface area contributed by atoms with Crippen molar-refractivity contribution in [1.82, 2.24) is 24.6 Å². The molecule has 5 nitrogen and oxygen atoms in total. The third-order valence-electron chi connectivity index (χ3n) is 4.83. The van der Waals surface area contributed by atoms with Gasteiger partial charge in [-0.2, -0.15) is 5.10 Å². The zero-order chi connectivity index (χ0) is 14.2. The summed E-state index contributed by atoms with van der Waals surface area (Å²) in [5.74, 6) is 1.89. The number of aryl methyl sites for hydroxylation is 1. The lowest BCUT2D eigenvalue weighted by atomic mass is 9.88. The molecule has 0 radical (unpaired) electrons. The molecule has 112 valence electrons. The SMILES string of the molecule is Cn1cc(-n2c(C3CCCCC3)nc3c2CCNC3)cn1. The third-order valence-corrected chi connectivity index (χ3v) is 4.83. The maximum atomic E-state index is 5.02. The first-order chi connectivity index (χ1) is 10.3. The summed E-state index contributed by atoms with van der Waals surface area (Å²) in [4.78, 5) is 5.02. The van der Waals surface area contributed by atoms with Crippen LogP contribution >= 0.6 is 0 Å². The lowest BCUT2D eigenvalue weighted by Crippen LogP contribution is -2.24. The topological polar surface area (TPSA) is 47.7 Å². The highest BCUT2D eigenvalue weighted by atomic mass is 15.3. The van der Waals surface area contributed by atoms with Gasteiger partial charge in [0.1, 0.15) is 5.82 Å². The van der Waals surface area contributed by atoms with Crippen molar-refractivity contribution in [3.05, 3.63) is 29.6 Å². The number of hydrogen-bond donors (Lipinski definition) is 1. The first kappa shape index (κ1) is 13.1. The molecule has 21 heavy (non-hydrogen) atoms. The Morgan fingerprint density at radius 3 is 2.86 bits per heavy atom. The largest absolute Gasteiger partial charge is 0.311 e. The van der Waals surface area contributed by atoms with Gasteiger partial charge in [-0.1, -0.05) is 19.3 Å². The van der Waals surface area contributed by atoms with Crippen LogP contribution in [0.2, 0.25) is 0 Å². The van der Waals surface area contributed by atoms with E-state index in [9.17, 15) is 0 Å². The minimum absolute atomic E-state index is 0.615. The second-order valence-corrected chi connectivity index (χ2v) is 6.33. The van der Waals surface area contributed by atoms with Crippen LogP contribution in [0.4, 0.5) is 0 Å². The molecule has 1 aliphatic heterocycles. The Morgan fingerprint density at radius 1 is 1.24 bits per heavy atom. The summed E-state index contributed by atoms with van der Waals surface area (Å²) in [6, 6.07) is 0. The van der Waals surface area contributed by atoms with Gasteiger partial charge in [0.15, 0.2) is 0 Å². The Bertz CT molecular complexity index is 633. The van der Waals surface area contributed by atoms with Crippen molar-refractivity contribution in [1.29, 1.82) is 0 Å². The highest BCUT2D eigenvalue weighted by Crippen LogP contribution is 2.35. The maximum Gasteiger partial charge on any atom is 0.117 e. The van der Waals surface area contributed by atoms with E-state index >= 15 is 0 Å². The van der Waals surface area contributed by atoms with E-state index in [1.807, 2.05) is 17.9 Å². The molecule has 0 spiro atoms.